The lowest BCUT2D eigenvalue weighted by Gasteiger charge is -2.21. The third-order valence-electron chi connectivity index (χ3n) is 2.19. The number of hydrogen-bond acceptors (Lipinski definition) is 4. The van der Waals surface area contributed by atoms with Gasteiger partial charge in [0.05, 0.1) is 0 Å². The summed E-state index contributed by atoms with van der Waals surface area (Å²) in [5, 5.41) is 17.4. The summed E-state index contributed by atoms with van der Waals surface area (Å²) in [7, 11) is 0. The van der Waals surface area contributed by atoms with Crippen molar-refractivity contribution in [1.82, 2.24) is 4.90 Å². The van der Waals surface area contributed by atoms with Crippen LogP contribution in [-0.2, 0) is 0 Å². The first-order chi connectivity index (χ1) is 6.85. The first-order valence-electron chi connectivity index (χ1n) is 5.49. The van der Waals surface area contributed by atoms with Crippen molar-refractivity contribution in [2.24, 2.45) is 5.73 Å². The van der Waals surface area contributed by atoms with Gasteiger partial charge in [-0.25, -0.2) is 0 Å². The van der Waals surface area contributed by atoms with E-state index in [0.717, 1.165) is 51.9 Å². The lowest BCUT2D eigenvalue weighted by molar-refractivity contribution is 0.199. The van der Waals surface area contributed by atoms with Gasteiger partial charge in [-0.05, 0) is 38.8 Å². The molecule has 0 aliphatic carbocycles. The van der Waals surface area contributed by atoms with Crippen molar-refractivity contribution in [1.29, 1.82) is 0 Å². The molecule has 0 aromatic rings. The molecule has 0 rings (SSSR count). The van der Waals surface area contributed by atoms with Gasteiger partial charge in [-0.3, -0.25) is 0 Å². The van der Waals surface area contributed by atoms with Gasteiger partial charge in [0, 0.05) is 26.3 Å². The summed E-state index contributed by atoms with van der Waals surface area (Å²) in [6.07, 6.45) is 3.78. The Morgan fingerprint density at radius 1 is 0.786 bits per heavy atom. The predicted molar refractivity (Wildman–Crippen MR) is 58.1 cm³/mol. The van der Waals surface area contributed by atoms with E-state index in [9.17, 15) is 0 Å². The van der Waals surface area contributed by atoms with E-state index in [-0.39, 0.29) is 13.2 Å². The maximum atomic E-state index is 8.72. The maximum Gasteiger partial charge on any atom is 0.0443 e. The fraction of sp³-hybridized carbons (Fsp3) is 1.00. The van der Waals surface area contributed by atoms with Gasteiger partial charge in [-0.1, -0.05) is 0 Å². The Labute approximate surface area is 86.7 Å². The van der Waals surface area contributed by atoms with E-state index in [1.165, 1.54) is 0 Å². The van der Waals surface area contributed by atoms with Gasteiger partial charge < -0.3 is 20.8 Å². The molecule has 0 fully saturated rings. The van der Waals surface area contributed by atoms with Crippen molar-refractivity contribution in [2.75, 3.05) is 39.4 Å². The largest absolute Gasteiger partial charge is 0.396 e. The van der Waals surface area contributed by atoms with Gasteiger partial charge >= 0.3 is 0 Å². The Hall–Kier alpha value is -0.160. The second-order valence-electron chi connectivity index (χ2n) is 3.49. The zero-order valence-corrected chi connectivity index (χ0v) is 8.99. The summed E-state index contributed by atoms with van der Waals surface area (Å²) in [6.45, 7) is 4.09. The van der Waals surface area contributed by atoms with Gasteiger partial charge in [0.15, 0.2) is 0 Å². The van der Waals surface area contributed by atoms with E-state index in [0.29, 0.717) is 0 Å². The van der Waals surface area contributed by atoms with E-state index < -0.39 is 0 Å². The second-order valence-corrected chi connectivity index (χ2v) is 3.49. The molecule has 0 aromatic carbocycles. The molecule has 86 valence electrons. The van der Waals surface area contributed by atoms with Gasteiger partial charge in [0.1, 0.15) is 0 Å². The van der Waals surface area contributed by atoms with Crippen molar-refractivity contribution in [3.8, 4) is 0 Å². The number of rotatable bonds is 10. The van der Waals surface area contributed by atoms with Crippen LogP contribution in [0.1, 0.15) is 25.7 Å². The minimum atomic E-state index is 0.243. The van der Waals surface area contributed by atoms with Crippen LogP contribution in [0, 0.1) is 0 Å². The topological polar surface area (TPSA) is 69.7 Å². The quantitative estimate of drug-likeness (QED) is 0.431. The van der Waals surface area contributed by atoms with Crippen LogP contribution in [0.15, 0.2) is 0 Å². The molecule has 14 heavy (non-hydrogen) atoms. The third-order valence-corrected chi connectivity index (χ3v) is 2.19. The summed E-state index contributed by atoms with van der Waals surface area (Å²) in [6, 6.07) is 0. The Balaban J connectivity index is 3.49. The summed E-state index contributed by atoms with van der Waals surface area (Å²) < 4.78 is 0. The van der Waals surface area contributed by atoms with Gasteiger partial charge in [-0.2, -0.15) is 0 Å². The lowest BCUT2D eigenvalue weighted by atomic mass is 10.2. The Morgan fingerprint density at radius 2 is 1.29 bits per heavy atom. The molecule has 4 heteroatoms. The summed E-state index contributed by atoms with van der Waals surface area (Å²) in [5.41, 5.74) is 5.42. The molecule has 0 heterocycles. The highest BCUT2D eigenvalue weighted by molar-refractivity contribution is 4.58. The standard InChI is InChI=1S/C10H24N2O2/c11-5-1-2-6-12(7-3-9-13)8-4-10-14/h13-14H,1-11H2. The van der Waals surface area contributed by atoms with Crippen molar-refractivity contribution in [3.63, 3.8) is 0 Å². The van der Waals surface area contributed by atoms with Crippen LogP contribution in [0.4, 0.5) is 0 Å². The molecule has 0 aliphatic rings. The number of aliphatic hydroxyl groups is 2. The molecular weight excluding hydrogens is 180 g/mol. The normalized spacial score (nSPS) is 11.1. The average Bonchev–Trinajstić information content (AvgIpc) is 2.21. The fourth-order valence-corrected chi connectivity index (χ4v) is 1.40. The minimum Gasteiger partial charge on any atom is -0.396 e. The molecule has 0 bridgehead atoms. The highest BCUT2D eigenvalue weighted by Gasteiger charge is 2.02. The van der Waals surface area contributed by atoms with Crippen LogP contribution in [0.5, 0.6) is 0 Å². The smallest absolute Gasteiger partial charge is 0.0443 e. The van der Waals surface area contributed by atoms with Gasteiger partial charge in [0.25, 0.3) is 0 Å². The monoisotopic (exact) mass is 204 g/mol. The van der Waals surface area contributed by atoms with Crippen LogP contribution in [-0.4, -0.2) is 54.5 Å². The van der Waals surface area contributed by atoms with Crippen molar-refractivity contribution in [3.05, 3.63) is 0 Å². The number of nitrogens with two attached hydrogens (primary N) is 1. The highest BCUT2D eigenvalue weighted by atomic mass is 16.3. The number of unbranched alkanes of at least 4 members (excludes halogenated alkanes) is 1. The lowest BCUT2D eigenvalue weighted by Crippen LogP contribution is -2.28. The Kier molecular flexibility index (Phi) is 10.8. The molecule has 0 unspecified atom stereocenters. The summed E-state index contributed by atoms with van der Waals surface area (Å²) in [5.74, 6) is 0. The average molecular weight is 204 g/mol. The number of nitrogens with zero attached hydrogens (tertiary/aromatic N) is 1. The van der Waals surface area contributed by atoms with E-state index in [1.807, 2.05) is 0 Å². The molecule has 0 saturated carbocycles. The van der Waals surface area contributed by atoms with Gasteiger partial charge in [0.2, 0.25) is 0 Å². The van der Waals surface area contributed by atoms with Crippen molar-refractivity contribution >= 4 is 0 Å². The van der Waals surface area contributed by atoms with E-state index in [4.69, 9.17) is 15.9 Å². The zero-order valence-electron chi connectivity index (χ0n) is 8.99. The molecule has 0 aromatic heterocycles. The van der Waals surface area contributed by atoms with E-state index in [2.05, 4.69) is 4.90 Å². The first kappa shape index (κ1) is 13.8. The number of aliphatic hydroxyl groups excluding tert-OH is 2. The van der Waals surface area contributed by atoms with Crippen LogP contribution < -0.4 is 5.73 Å². The Bertz CT molecular complexity index is 104. The maximum absolute atomic E-state index is 8.72. The van der Waals surface area contributed by atoms with Crippen LogP contribution in [0.25, 0.3) is 0 Å². The molecule has 0 spiro atoms. The molecule has 0 aliphatic heterocycles. The first-order valence-corrected chi connectivity index (χ1v) is 5.49. The van der Waals surface area contributed by atoms with E-state index >= 15 is 0 Å². The second kappa shape index (κ2) is 10.9. The highest BCUT2D eigenvalue weighted by Crippen LogP contribution is 1.98. The minimum absolute atomic E-state index is 0.243. The molecule has 4 N–H and O–H groups in total. The van der Waals surface area contributed by atoms with Crippen molar-refractivity contribution in [2.45, 2.75) is 25.7 Å². The van der Waals surface area contributed by atoms with Crippen LogP contribution in [0.2, 0.25) is 0 Å². The Morgan fingerprint density at radius 3 is 1.71 bits per heavy atom. The predicted octanol–water partition coefficient (Wildman–Crippen LogP) is -0.208. The molecule has 0 radical (unpaired) electrons. The SMILES string of the molecule is NCCCCN(CCCO)CCCO. The van der Waals surface area contributed by atoms with Gasteiger partial charge in [-0.15, -0.1) is 0 Å². The molecular formula is C10H24N2O2. The fourth-order valence-electron chi connectivity index (χ4n) is 1.40. The van der Waals surface area contributed by atoms with Crippen molar-refractivity contribution < 1.29 is 10.2 Å². The molecule has 4 nitrogen and oxygen atoms in total. The summed E-state index contributed by atoms with van der Waals surface area (Å²) >= 11 is 0. The summed E-state index contributed by atoms with van der Waals surface area (Å²) in [4.78, 5) is 2.28. The van der Waals surface area contributed by atoms with Crippen LogP contribution >= 0.6 is 0 Å². The molecule has 0 saturated heterocycles. The molecule has 0 atom stereocenters. The third kappa shape index (κ3) is 8.44. The van der Waals surface area contributed by atoms with Crippen LogP contribution in [0.3, 0.4) is 0 Å². The van der Waals surface area contributed by atoms with E-state index in [1.54, 1.807) is 0 Å². The zero-order chi connectivity index (χ0) is 10.6. The molecule has 0 amide bonds. The number of hydrogen-bond donors (Lipinski definition) is 3.